The minimum Gasteiger partial charge on any atom is -0.482 e. The van der Waals surface area contributed by atoms with Crippen molar-refractivity contribution in [2.45, 2.75) is 19.6 Å². The van der Waals surface area contributed by atoms with E-state index in [2.05, 4.69) is 5.32 Å². The van der Waals surface area contributed by atoms with Crippen LogP contribution >= 0.6 is 11.6 Å². The van der Waals surface area contributed by atoms with E-state index in [4.69, 9.17) is 30.5 Å². The molecule has 0 saturated heterocycles. The number of ether oxygens (including phenoxy) is 4. The summed E-state index contributed by atoms with van der Waals surface area (Å²) in [6, 6.07) is 12.0. The summed E-state index contributed by atoms with van der Waals surface area (Å²) in [6.45, 7) is 1.64. The molecule has 1 aliphatic rings. The quantitative estimate of drug-likeness (QED) is 0.731. The summed E-state index contributed by atoms with van der Waals surface area (Å²) in [6.07, 6.45) is -0.950. The third-order valence-corrected chi connectivity index (χ3v) is 3.97. The van der Waals surface area contributed by atoms with E-state index in [1.165, 1.54) is 6.92 Å². The lowest BCUT2D eigenvalue weighted by atomic mass is 10.2. The summed E-state index contributed by atoms with van der Waals surface area (Å²) in [5, 5.41) is 3.20. The number of hydrogen-bond donors (Lipinski definition) is 1. The Morgan fingerprint density at radius 2 is 2.00 bits per heavy atom. The number of hydrogen-bond acceptors (Lipinski definition) is 6. The SMILES string of the molecule is C[C@H](OC(=O)COc1cccc(Cl)c1)C(=O)NCc1ccc2c(c1)OCO2. The number of carbonyl (C=O) groups excluding carboxylic acids is 2. The van der Waals surface area contributed by atoms with Crippen LogP contribution in [0.25, 0.3) is 0 Å². The fourth-order valence-corrected chi connectivity index (χ4v) is 2.55. The van der Waals surface area contributed by atoms with Gasteiger partial charge in [0.05, 0.1) is 0 Å². The molecule has 0 unspecified atom stereocenters. The maximum Gasteiger partial charge on any atom is 0.344 e. The first-order valence-corrected chi connectivity index (χ1v) is 8.63. The highest BCUT2D eigenvalue weighted by Gasteiger charge is 2.19. The van der Waals surface area contributed by atoms with Gasteiger partial charge in [0.25, 0.3) is 5.91 Å². The lowest BCUT2D eigenvalue weighted by Gasteiger charge is -2.14. The fourth-order valence-electron chi connectivity index (χ4n) is 2.37. The average Bonchev–Trinajstić information content (AvgIpc) is 3.12. The molecule has 1 aliphatic heterocycles. The zero-order valence-electron chi connectivity index (χ0n) is 14.6. The van der Waals surface area contributed by atoms with E-state index in [0.717, 1.165) is 5.56 Å². The number of esters is 1. The number of halogens is 1. The van der Waals surface area contributed by atoms with Crippen LogP contribution in [-0.4, -0.2) is 31.4 Å². The van der Waals surface area contributed by atoms with Gasteiger partial charge in [0.15, 0.2) is 24.2 Å². The molecule has 0 aromatic heterocycles. The van der Waals surface area contributed by atoms with Gasteiger partial charge in [-0.3, -0.25) is 4.79 Å². The van der Waals surface area contributed by atoms with Gasteiger partial charge >= 0.3 is 5.97 Å². The van der Waals surface area contributed by atoms with Crippen LogP contribution in [0.15, 0.2) is 42.5 Å². The Labute approximate surface area is 161 Å². The van der Waals surface area contributed by atoms with Gasteiger partial charge in [0.1, 0.15) is 5.75 Å². The van der Waals surface area contributed by atoms with Gasteiger partial charge in [-0.2, -0.15) is 0 Å². The molecule has 0 saturated carbocycles. The van der Waals surface area contributed by atoms with Gasteiger partial charge in [0.2, 0.25) is 6.79 Å². The van der Waals surface area contributed by atoms with E-state index in [-0.39, 0.29) is 19.9 Å². The number of rotatable bonds is 7. The van der Waals surface area contributed by atoms with Gasteiger partial charge in [0, 0.05) is 11.6 Å². The summed E-state index contributed by atoms with van der Waals surface area (Å²) >= 11 is 5.84. The molecule has 1 amide bonds. The Balaban J connectivity index is 1.42. The van der Waals surface area contributed by atoms with Crippen molar-refractivity contribution in [2.75, 3.05) is 13.4 Å². The summed E-state index contributed by atoms with van der Waals surface area (Å²) in [4.78, 5) is 23.9. The molecule has 8 heteroatoms. The van der Waals surface area contributed by atoms with E-state index >= 15 is 0 Å². The average molecular weight is 392 g/mol. The van der Waals surface area contributed by atoms with Crippen LogP contribution in [-0.2, 0) is 20.9 Å². The molecule has 7 nitrogen and oxygen atoms in total. The monoisotopic (exact) mass is 391 g/mol. The van der Waals surface area contributed by atoms with Crippen LogP contribution in [0, 0.1) is 0 Å². The van der Waals surface area contributed by atoms with Crippen molar-refractivity contribution >= 4 is 23.5 Å². The minimum atomic E-state index is -0.950. The molecular weight excluding hydrogens is 374 g/mol. The first kappa shape index (κ1) is 18.8. The number of carbonyl (C=O) groups is 2. The standard InChI is InChI=1S/C19H18ClNO6/c1-12(27-18(22)10-24-15-4-2-3-14(20)8-15)19(23)21-9-13-5-6-16-17(7-13)26-11-25-16/h2-8,12H,9-11H2,1H3,(H,21,23)/t12-/m0/s1. The number of fused-ring (bicyclic) bond motifs is 1. The molecule has 3 rings (SSSR count). The molecule has 27 heavy (non-hydrogen) atoms. The van der Waals surface area contributed by atoms with Crippen molar-refractivity contribution in [3.05, 3.63) is 53.1 Å². The minimum absolute atomic E-state index is 0.190. The van der Waals surface area contributed by atoms with Crippen LogP contribution in [0.5, 0.6) is 17.2 Å². The Kier molecular flexibility index (Phi) is 6.03. The largest absolute Gasteiger partial charge is 0.482 e. The summed E-state index contributed by atoms with van der Waals surface area (Å²) in [5.74, 6) is 0.690. The van der Waals surface area contributed by atoms with Crippen molar-refractivity contribution < 1.29 is 28.5 Å². The van der Waals surface area contributed by atoms with E-state index in [1.807, 2.05) is 6.07 Å². The second kappa shape index (κ2) is 8.64. The Hall–Kier alpha value is -2.93. The predicted octanol–water partition coefficient (Wildman–Crippen LogP) is 2.70. The first-order valence-electron chi connectivity index (χ1n) is 8.25. The van der Waals surface area contributed by atoms with Gasteiger partial charge in [-0.05, 0) is 42.8 Å². The number of amides is 1. The van der Waals surface area contributed by atoms with Crippen molar-refractivity contribution in [3.63, 3.8) is 0 Å². The molecule has 0 aliphatic carbocycles. The highest BCUT2D eigenvalue weighted by atomic mass is 35.5. The third kappa shape index (κ3) is 5.27. The van der Waals surface area contributed by atoms with Crippen molar-refractivity contribution in [2.24, 2.45) is 0 Å². The summed E-state index contributed by atoms with van der Waals surface area (Å²) in [5.41, 5.74) is 0.843. The smallest absolute Gasteiger partial charge is 0.344 e. The Bertz CT molecular complexity index is 841. The maximum absolute atomic E-state index is 12.1. The topological polar surface area (TPSA) is 83.1 Å². The van der Waals surface area contributed by atoms with Gasteiger partial charge in [-0.1, -0.05) is 23.7 Å². The molecule has 2 aromatic rings. The van der Waals surface area contributed by atoms with E-state index in [0.29, 0.717) is 22.3 Å². The Morgan fingerprint density at radius 3 is 2.81 bits per heavy atom. The first-order chi connectivity index (χ1) is 13.0. The highest BCUT2D eigenvalue weighted by Crippen LogP contribution is 2.32. The molecule has 0 radical (unpaired) electrons. The van der Waals surface area contributed by atoms with Crippen molar-refractivity contribution in [1.82, 2.24) is 5.32 Å². The van der Waals surface area contributed by atoms with Crippen molar-refractivity contribution in [3.8, 4) is 17.2 Å². The fraction of sp³-hybridized carbons (Fsp3) is 0.263. The molecule has 2 aromatic carbocycles. The molecule has 0 fully saturated rings. The molecular formula is C19H18ClNO6. The van der Waals surface area contributed by atoms with Gasteiger partial charge in [-0.15, -0.1) is 0 Å². The molecule has 142 valence electrons. The van der Waals surface area contributed by atoms with Crippen LogP contribution in [0.4, 0.5) is 0 Å². The third-order valence-electron chi connectivity index (χ3n) is 3.73. The maximum atomic E-state index is 12.1. The number of benzene rings is 2. The lowest BCUT2D eigenvalue weighted by Crippen LogP contribution is -2.36. The van der Waals surface area contributed by atoms with Crippen LogP contribution in [0.3, 0.4) is 0 Å². The molecule has 1 heterocycles. The van der Waals surface area contributed by atoms with Crippen molar-refractivity contribution in [1.29, 1.82) is 0 Å². The molecule has 1 N–H and O–H groups in total. The zero-order chi connectivity index (χ0) is 19.2. The van der Waals surface area contributed by atoms with Gasteiger partial charge in [-0.25, -0.2) is 4.79 Å². The lowest BCUT2D eigenvalue weighted by molar-refractivity contribution is -0.156. The second-order valence-corrected chi connectivity index (χ2v) is 6.22. The normalized spacial score (nSPS) is 13.0. The zero-order valence-corrected chi connectivity index (χ0v) is 15.3. The van der Waals surface area contributed by atoms with Crippen LogP contribution < -0.4 is 19.5 Å². The van der Waals surface area contributed by atoms with E-state index in [9.17, 15) is 9.59 Å². The van der Waals surface area contributed by atoms with E-state index < -0.39 is 18.0 Å². The number of nitrogens with one attached hydrogen (secondary N) is 1. The molecule has 0 spiro atoms. The highest BCUT2D eigenvalue weighted by molar-refractivity contribution is 6.30. The molecule has 1 atom stereocenters. The molecule has 0 bridgehead atoms. The van der Waals surface area contributed by atoms with Crippen LogP contribution in [0.1, 0.15) is 12.5 Å². The predicted molar refractivity (Wildman–Crippen MR) is 96.9 cm³/mol. The second-order valence-electron chi connectivity index (χ2n) is 5.78. The summed E-state index contributed by atoms with van der Waals surface area (Å²) in [7, 11) is 0. The Morgan fingerprint density at radius 1 is 1.19 bits per heavy atom. The summed E-state index contributed by atoms with van der Waals surface area (Å²) < 4.78 is 20.9. The van der Waals surface area contributed by atoms with Gasteiger partial charge < -0.3 is 24.3 Å². The van der Waals surface area contributed by atoms with Crippen LogP contribution in [0.2, 0.25) is 5.02 Å². The van der Waals surface area contributed by atoms with E-state index in [1.54, 1.807) is 36.4 Å².